The van der Waals surface area contributed by atoms with E-state index in [1.54, 1.807) is 25.1 Å². The summed E-state index contributed by atoms with van der Waals surface area (Å²) < 4.78 is 14.0. The first-order chi connectivity index (χ1) is 15.1. The summed E-state index contributed by atoms with van der Waals surface area (Å²) in [6, 6.07) is 4.01. The molecule has 0 aliphatic heterocycles. The summed E-state index contributed by atoms with van der Waals surface area (Å²) >= 11 is 0.694. The monoisotopic (exact) mass is 463 g/mol. The van der Waals surface area contributed by atoms with Crippen molar-refractivity contribution in [3.8, 4) is 5.75 Å². The number of carbonyl (C=O) groups is 4. The van der Waals surface area contributed by atoms with Crippen molar-refractivity contribution in [1.82, 2.24) is 9.69 Å². The van der Waals surface area contributed by atoms with Gasteiger partial charge in [-0.05, 0) is 50.0 Å². The van der Waals surface area contributed by atoms with Crippen LogP contribution in [0.1, 0.15) is 39.6 Å². The van der Waals surface area contributed by atoms with Crippen LogP contribution in [0.25, 0.3) is 0 Å². The van der Waals surface area contributed by atoms with Gasteiger partial charge in [-0.25, -0.2) is 0 Å². The van der Waals surface area contributed by atoms with Crippen molar-refractivity contribution in [3.05, 3.63) is 34.3 Å². The quantitative estimate of drug-likeness (QED) is 0.460. The van der Waals surface area contributed by atoms with E-state index >= 15 is 0 Å². The Morgan fingerprint density at radius 1 is 1.28 bits per heavy atom. The first-order valence-electron chi connectivity index (χ1n) is 9.58. The molecule has 0 saturated heterocycles. The summed E-state index contributed by atoms with van der Waals surface area (Å²) in [7, 11) is 1.43. The SMILES string of the molecule is CCOC(=O)CNC(=O)[C@H](C)N(C(=O)c1snc(C(N)=O)c1N)c1cc(C)ccc1OC. The number of aromatic nitrogens is 1. The zero-order valence-electron chi connectivity index (χ0n) is 18.1. The molecule has 2 rings (SSSR count). The molecule has 1 aromatic carbocycles. The molecule has 11 nitrogen and oxygen atoms in total. The Morgan fingerprint density at radius 3 is 2.53 bits per heavy atom. The molecule has 1 heterocycles. The molecule has 0 bridgehead atoms. The highest BCUT2D eigenvalue weighted by molar-refractivity contribution is 7.09. The first-order valence-corrected chi connectivity index (χ1v) is 10.4. The number of methoxy groups -OCH3 is 1. The molecule has 0 aliphatic rings. The highest BCUT2D eigenvalue weighted by Gasteiger charge is 2.34. The fourth-order valence-corrected chi connectivity index (χ4v) is 3.60. The van der Waals surface area contributed by atoms with Gasteiger partial charge in [0.1, 0.15) is 23.2 Å². The molecule has 1 aromatic heterocycles. The number of hydrogen-bond acceptors (Lipinski definition) is 9. The number of nitrogens with zero attached hydrogens (tertiary/aromatic N) is 2. The molecule has 0 radical (unpaired) electrons. The van der Waals surface area contributed by atoms with E-state index in [1.165, 1.54) is 18.9 Å². The third-order valence-corrected chi connectivity index (χ3v) is 5.30. The van der Waals surface area contributed by atoms with Crippen LogP contribution in [0.5, 0.6) is 5.75 Å². The predicted octanol–water partition coefficient (Wildman–Crippen LogP) is 0.856. The topological polar surface area (TPSA) is 167 Å². The fourth-order valence-electron chi connectivity index (χ4n) is 2.86. The van der Waals surface area contributed by atoms with Crippen LogP contribution in [-0.4, -0.2) is 54.4 Å². The Bertz CT molecular complexity index is 1040. The number of hydrogen-bond donors (Lipinski definition) is 3. The molecule has 172 valence electrons. The molecular weight excluding hydrogens is 438 g/mol. The van der Waals surface area contributed by atoms with E-state index < -0.39 is 29.7 Å². The average molecular weight is 464 g/mol. The number of primary amides is 1. The van der Waals surface area contributed by atoms with Crippen LogP contribution in [0, 0.1) is 6.92 Å². The van der Waals surface area contributed by atoms with Gasteiger partial charge in [-0.3, -0.25) is 24.1 Å². The maximum atomic E-state index is 13.5. The van der Waals surface area contributed by atoms with Gasteiger partial charge in [-0.1, -0.05) is 6.07 Å². The summed E-state index contributed by atoms with van der Waals surface area (Å²) in [6.07, 6.45) is 0. The minimum Gasteiger partial charge on any atom is -0.495 e. The Balaban J connectivity index is 2.50. The molecule has 0 saturated carbocycles. The minimum absolute atomic E-state index is 0.0626. The minimum atomic E-state index is -1.09. The van der Waals surface area contributed by atoms with Crippen LogP contribution in [0.3, 0.4) is 0 Å². The van der Waals surface area contributed by atoms with Crippen LogP contribution >= 0.6 is 11.5 Å². The number of benzene rings is 1. The Kier molecular flexibility index (Phi) is 8.13. The van der Waals surface area contributed by atoms with E-state index in [0.29, 0.717) is 23.0 Å². The smallest absolute Gasteiger partial charge is 0.325 e. The average Bonchev–Trinajstić information content (AvgIpc) is 3.14. The number of ether oxygens (including phenoxy) is 2. The van der Waals surface area contributed by atoms with Crippen LogP contribution < -0.4 is 26.4 Å². The summed E-state index contributed by atoms with van der Waals surface area (Å²) in [5.74, 6) is -2.47. The van der Waals surface area contributed by atoms with E-state index in [-0.39, 0.29) is 29.4 Å². The largest absolute Gasteiger partial charge is 0.495 e. The molecule has 0 aliphatic carbocycles. The second kappa shape index (κ2) is 10.6. The van der Waals surface area contributed by atoms with Crippen LogP contribution in [-0.2, 0) is 14.3 Å². The van der Waals surface area contributed by atoms with Gasteiger partial charge in [-0.15, -0.1) is 0 Å². The number of carbonyl (C=O) groups excluding carboxylic acids is 4. The lowest BCUT2D eigenvalue weighted by Crippen LogP contribution is -2.49. The number of anilines is 2. The zero-order chi connectivity index (χ0) is 24.0. The zero-order valence-corrected chi connectivity index (χ0v) is 18.9. The summed E-state index contributed by atoms with van der Waals surface area (Å²) in [5, 5.41) is 2.45. The van der Waals surface area contributed by atoms with E-state index in [0.717, 1.165) is 5.56 Å². The van der Waals surface area contributed by atoms with Crippen LogP contribution in [0.4, 0.5) is 11.4 Å². The number of rotatable bonds is 9. The van der Waals surface area contributed by atoms with Crippen LogP contribution in [0.15, 0.2) is 18.2 Å². The van der Waals surface area contributed by atoms with Crippen molar-refractivity contribution in [1.29, 1.82) is 0 Å². The van der Waals surface area contributed by atoms with Crippen molar-refractivity contribution in [2.24, 2.45) is 5.73 Å². The molecule has 3 amide bonds. The first kappa shape index (κ1) is 24.6. The van der Waals surface area contributed by atoms with E-state index in [2.05, 4.69) is 9.69 Å². The lowest BCUT2D eigenvalue weighted by molar-refractivity contribution is -0.143. The molecule has 32 heavy (non-hydrogen) atoms. The summed E-state index contributed by atoms with van der Waals surface area (Å²) in [5.41, 5.74) is 11.9. The van der Waals surface area contributed by atoms with Gasteiger partial charge in [0.2, 0.25) is 5.91 Å². The highest BCUT2D eigenvalue weighted by atomic mass is 32.1. The predicted molar refractivity (Wildman–Crippen MR) is 119 cm³/mol. The van der Waals surface area contributed by atoms with E-state index in [4.69, 9.17) is 20.9 Å². The van der Waals surface area contributed by atoms with Gasteiger partial charge in [0.05, 0.1) is 25.1 Å². The molecule has 2 aromatic rings. The van der Waals surface area contributed by atoms with Gasteiger partial charge in [0, 0.05) is 0 Å². The number of nitrogens with one attached hydrogen (secondary N) is 1. The van der Waals surface area contributed by atoms with Crippen molar-refractivity contribution >= 4 is 46.6 Å². The van der Waals surface area contributed by atoms with Gasteiger partial charge in [0.15, 0.2) is 5.69 Å². The van der Waals surface area contributed by atoms with Gasteiger partial charge < -0.3 is 26.3 Å². The maximum Gasteiger partial charge on any atom is 0.325 e. The number of esters is 1. The van der Waals surface area contributed by atoms with E-state index in [9.17, 15) is 19.2 Å². The number of aryl methyl sites for hydroxylation is 1. The summed E-state index contributed by atoms with van der Waals surface area (Å²) in [4.78, 5) is 50.6. The lowest BCUT2D eigenvalue weighted by atomic mass is 10.1. The van der Waals surface area contributed by atoms with Crippen molar-refractivity contribution in [2.75, 3.05) is 30.9 Å². The molecule has 12 heteroatoms. The van der Waals surface area contributed by atoms with Crippen LogP contribution in [0.2, 0.25) is 0 Å². The Hall–Kier alpha value is -3.67. The molecule has 0 fully saturated rings. The Morgan fingerprint density at radius 2 is 1.97 bits per heavy atom. The normalized spacial score (nSPS) is 11.4. The summed E-state index contributed by atoms with van der Waals surface area (Å²) in [6.45, 7) is 4.74. The molecule has 1 atom stereocenters. The van der Waals surface area contributed by atoms with Crippen molar-refractivity contribution < 1.29 is 28.7 Å². The fraction of sp³-hybridized carbons (Fsp3) is 0.350. The van der Waals surface area contributed by atoms with Gasteiger partial charge in [-0.2, -0.15) is 4.37 Å². The lowest BCUT2D eigenvalue weighted by Gasteiger charge is -2.29. The van der Waals surface area contributed by atoms with Gasteiger partial charge in [0.25, 0.3) is 11.8 Å². The third-order valence-electron chi connectivity index (χ3n) is 4.45. The number of nitrogen functional groups attached to an aromatic ring is 1. The number of nitrogens with two attached hydrogens (primary N) is 2. The third kappa shape index (κ3) is 5.32. The van der Waals surface area contributed by atoms with Crippen molar-refractivity contribution in [3.63, 3.8) is 0 Å². The van der Waals surface area contributed by atoms with Crippen molar-refractivity contribution in [2.45, 2.75) is 26.8 Å². The number of amides is 3. The second-order valence-corrected chi connectivity index (χ2v) is 7.46. The van der Waals surface area contributed by atoms with Gasteiger partial charge >= 0.3 is 5.97 Å². The molecular formula is C20H25N5O6S. The highest BCUT2D eigenvalue weighted by Crippen LogP contribution is 2.34. The molecule has 5 N–H and O–H groups in total. The maximum absolute atomic E-state index is 13.5. The molecule has 0 spiro atoms. The standard InChI is InChI=1S/C20H25N5O6S/c1-5-31-14(26)9-23-19(28)11(3)25(12-8-10(2)6-7-13(12)30-4)20(29)17-15(21)16(18(22)27)24-32-17/h6-8,11H,5,9,21H2,1-4H3,(H2,22,27)(H,23,28)/t11-/m0/s1. The second-order valence-electron chi connectivity index (χ2n) is 6.69. The molecule has 0 unspecified atom stereocenters. The Labute approximate surface area is 188 Å². The van der Waals surface area contributed by atoms with E-state index in [1.807, 2.05) is 6.92 Å².